The molecule has 0 bridgehead atoms. The van der Waals surface area contributed by atoms with E-state index in [2.05, 4.69) is 20.6 Å². The first-order valence-electron chi connectivity index (χ1n) is 6.55. The van der Waals surface area contributed by atoms with Gasteiger partial charge < -0.3 is 11.1 Å². The van der Waals surface area contributed by atoms with Gasteiger partial charge in [0.25, 0.3) is 5.91 Å². The van der Waals surface area contributed by atoms with Gasteiger partial charge in [0.15, 0.2) is 5.69 Å². The van der Waals surface area contributed by atoms with Crippen LogP contribution in [-0.2, 0) is 13.6 Å². The summed E-state index contributed by atoms with van der Waals surface area (Å²) in [5.41, 5.74) is 9.48. The monoisotopic (exact) mass is 284 g/mol. The fourth-order valence-corrected chi connectivity index (χ4v) is 2.18. The molecule has 2 heterocycles. The number of carbonyl (C=O) groups excluding carboxylic acids is 1. The van der Waals surface area contributed by atoms with Gasteiger partial charge in [0.1, 0.15) is 0 Å². The van der Waals surface area contributed by atoms with Crippen molar-refractivity contribution < 1.29 is 4.79 Å². The smallest absolute Gasteiger partial charge is 0.272 e. The van der Waals surface area contributed by atoms with E-state index < -0.39 is 0 Å². The number of benzene rings is 1. The largest absolute Gasteiger partial charge is 0.399 e. The van der Waals surface area contributed by atoms with Gasteiger partial charge in [-0.3, -0.25) is 14.6 Å². The standard InChI is InChI=1S/C14H16N6O/c1-8-9(7-17-20(8)2)6-16-14(21)13-11-5-10(15)3-4-12(11)18-19-13/h3-5,7H,6,15H2,1-2H3,(H,16,21)(H,18,19). The Morgan fingerprint density at radius 3 is 3.00 bits per heavy atom. The summed E-state index contributed by atoms with van der Waals surface area (Å²) in [6.07, 6.45) is 1.75. The maximum atomic E-state index is 12.3. The number of hydrogen-bond donors (Lipinski definition) is 3. The Morgan fingerprint density at radius 2 is 2.29 bits per heavy atom. The average molecular weight is 284 g/mol. The summed E-state index contributed by atoms with van der Waals surface area (Å²) in [6.45, 7) is 2.37. The van der Waals surface area contributed by atoms with Crippen LogP contribution in [0.15, 0.2) is 24.4 Å². The fourth-order valence-electron chi connectivity index (χ4n) is 2.18. The molecule has 7 nitrogen and oxygen atoms in total. The molecule has 0 radical (unpaired) electrons. The highest BCUT2D eigenvalue weighted by Crippen LogP contribution is 2.19. The van der Waals surface area contributed by atoms with Crippen LogP contribution < -0.4 is 11.1 Å². The number of aryl methyl sites for hydroxylation is 1. The molecule has 0 saturated carbocycles. The van der Waals surface area contributed by atoms with Crippen molar-refractivity contribution in [3.8, 4) is 0 Å². The molecule has 0 atom stereocenters. The summed E-state index contributed by atoms with van der Waals surface area (Å²) in [5, 5.41) is 14.6. The van der Waals surface area contributed by atoms with Gasteiger partial charge >= 0.3 is 0 Å². The zero-order valence-corrected chi connectivity index (χ0v) is 11.8. The minimum Gasteiger partial charge on any atom is -0.399 e. The number of nitrogens with zero attached hydrogens (tertiary/aromatic N) is 3. The van der Waals surface area contributed by atoms with Gasteiger partial charge in [-0.05, 0) is 25.1 Å². The number of carbonyl (C=O) groups is 1. The maximum absolute atomic E-state index is 12.3. The summed E-state index contributed by atoms with van der Waals surface area (Å²) < 4.78 is 1.77. The number of amides is 1. The van der Waals surface area contributed by atoms with Gasteiger partial charge in [-0.25, -0.2) is 0 Å². The molecule has 4 N–H and O–H groups in total. The molecule has 1 amide bonds. The minimum atomic E-state index is -0.241. The van der Waals surface area contributed by atoms with Crippen LogP contribution in [0.3, 0.4) is 0 Å². The number of hydrogen-bond acceptors (Lipinski definition) is 4. The third-order valence-electron chi connectivity index (χ3n) is 3.58. The fraction of sp³-hybridized carbons (Fsp3) is 0.214. The number of anilines is 1. The lowest BCUT2D eigenvalue weighted by atomic mass is 10.2. The first-order valence-corrected chi connectivity index (χ1v) is 6.55. The Balaban J connectivity index is 1.81. The molecule has 0 aliphatic heterocycles. The molecule has 0 aliphatic carbocycles. The van der Waals surface area contributed by atoms with E-state index in [4.69, 9.17) is 5.73 Å². The van der Waals surface area contributed by atoms with Crippen molar-refractivity contribution in [2.75, 3.05) is 5.73 Å². The van der Waals surface area contributed by atoms with E-state index in [0.717, 1.165) is 22.2 Å². The first kappa shape index (κ1) is 13.2. The van der Waals surface area contributed by atoms with Gasteiger partial charge in [0.2, 0.25) is 0 Å². The summed E-state index contributed by atoms with van der Waals surface area (Å²) in [6, 6.07) is 5.31. The minimum absolute atomic E-state index is 0.241. The van der Waals surface area contributed by atoms with Crippen molar-refractivity contribution in [3.63, 3.8) is 0 Å². The zero-order valence-electron chi connectivity index (χ0n) is 11.8. The zero-order chi connectivity index (χ0) is 15.0. The highest BCUT2D eigenvalue weighted by Gasteiger charge is 2.15. The molecule has 7 heteroatoms. The van der Waals surface area contributed by atoms with Crippen molar-refractivity contribution in [1.29, 1.82) is 0 Å². The molecular weight excluding hydrogens is 268 g/mol. The number of nitrogens with one attached hydrogen (secondary N) is 2. The Kier molecular flexibility index (Phi) is 3.09. The van der Waals surface area contributed by atoms with Gasteiger partial charge in [0.05, 0.1) is 11.7 Å². The van der Waals surface area contributed by atoms with Crippen LogP contribution >= 0.6 is 0 Å². The molecule has 21 heavy (non-hydrogen) atoms. The van der Waals surface area contributed by atoms with Crippen LogP contribution in [0.1, 0.15) is 21.7 Å². The van der Waals surface area contributed by atoms with E-state index in [-0.39, 0.29) is 5.91 Å². The second kappa shape index (κ2) is 4.93. The lowest BCUT2D eigenvalue weighted by Crippen LogP contribution is -2.23. The molecule has 108 valence electrons. The van der Waals surface area contributed by atoms with Crippen LogP contribution in [0.2, 0.25) is 0 Å². The maximum Gasteiger partial charge on any atom is 0.272 e. The molecule has 0 spiro atoms. The van der Waals surface area contributed by atoms with Crippen molar-refractivity contribution in [3.05, 3.63) is 41.3 Å². The van der Waals surface area contributed by atoms with Crippen LogP contribution in [0.4, 0.5) is 5.69 Å². The molecule has 0 unspecified atom stereocenters. The molecule has 3 aromatic rings. The number of aromatic amines is 1. The number of fused-ring (bicyclic) bond motifs is 1. The van der Waals surface area contributed by atoms with E-state index in [1.807, 2.05) is 14.0 Å². The summed E-state index contributed by atoms with van der Waals surface area (Å²) in [7, 11) is 1.87. The molecule has 0 fully saturated rings. The topological polar surface area (TPSA) is 102 Å². The number of H-pyrrole nitrogens is 1. The van der Waals surface area contributed by atoms with Crippen molar-refractivity contribution in [2.24, 2.45) is 7.05 Å². The Labute approximate surface area is 121 Å². The van der Waals surface area contributed by atoms with Gasteiger partial charge in [-0.1, -0.05) is 0 Å². The number of aromatic nitrogens is 4. The van der Waals surface area contributed by atoms with Crippen LogP contribution in [0.5, 0.6) is 0 Å². The van der Waals surface area contributed by atoms with Crippen molar-refractivity contribution in [1.82, 2.24) is 25.3 Å². The highest BCUT2D eigenvalue weighted by molar-refractivity contribution is 6.05. The lowest BCUT2D eigenvalue weighted by Gasteiger charge is -2.03. The number of nitrogens with two attached hydrogens (primary N) is 1. The summed E-state index contributed by atoms with van der Waals surface area (Å²) in [4.78, 5) is 12.3. The van der Waals surface area contributed by atoms with Crippen LogP contribution in [-0.4, -0.2) is 25.9 Å². The molecule has 1 aromatic carbocycles. The first-order chi connectivity index (χ1) is 10.1. The molecule has 2 aromatic heterocycles. The van der Waals surface area contributed by atoms with Crippen LogP contribution in [0, 0.1) is 6.92 Å². The third-order valence-corrected chi connectivity index (χ3v) is 3.58. The second-order valence-corrected chi connectivity index (χ2v) is 4.94. The van der Waals surface area contributed by atoms with Crippen LogP contribution in [0.25, 0.3) is 10.9 Å². The molecule has 0 aliphatic rings. The van der Waals surface area contributed by atoms with Gasteiger partial charge in [-0.15, -0.1) is 0 Å². The summed E-state index contributed by atoms with van der Waals surface area (Å²) in [5.74, 6) is -0.241. The Bertz CT molecular complexity index is 816. The van der Waals surface area contributed by atoms with Gasteiger partial charge in [0, 0.05) is 35.9 Å². The van der Waals surface area contributed by atoms with E-state index in [9.17, 15) is 4.79 Å². The van der Waals surface area contributed by atoms with E-state index >= 15 is 0 Å². The number of nitrogen functional groups attached to an aromatic ring is 1. The molecule has 0 saturated heterocycles. The van der Waals surface area contributed by atoms with E-state index in [0.29, 0.717) is 17.9 Å². The summed E-state index contributed by atoms with van der Waals surface area (Å²) >= 11 is 0. The van der Waals surface area contributed by atoms with Gasteiger partial charge in [-0.2, -0.15) is 10.2 Å². The van der Waals surface area contributed by atoms with Crippen molar-refractivity contribution in [2.45, 2.75) is 13.5 Å². The second-order valence-electron chi connectivity index (χ2n) is 4.94. The third kappa shape index (κ3) is 2.33. The lowest BCUT2D eigenvalue weighted by molar-refractivity contribution is 0.0947. The molecule has 3 rings (SSSR count). The van der Waals surface area contributed by atoms with E-state index in [1.54, 1.807) is 29.1 Å². The predicted octanol–water partition coefficient (Wildman–Crippen LogP) is 1.12. The Hall–Kier alpha value is -2.83. The number of rotatable bonds is 3. The predicted molar refractivity (Wildman–Crippen MR) is 79.6 cm³/mol. The quantitative estimate of drug-likeness (QED) is 0.627. The highest BCUT2D eigenvalue weighted by atomic mass is 16.1. The normalized spacial score (nSPS) is 11.0. The SMILES string of the molecule is Cc1c(CNC(=O)c2n[nH]c3ccc(N)cc23)cnn1C. The Morgan fingerprint density at radius 1 is 1.48 bits per heavy atom. The molecular formula is C14H16N6O. The average Bonchev–Trinajstić information content (AvgIpc) is 3.01. The van der Waals surface area contributed by atoms with Crippen molar-refractivity contribution >= 4 is 22.5 Å². The van der Waals surface area contributed by atoms with E-state index in [1.165, 1.54) is 0 Å².